The van der Waals surface area contributed by atoms with E-state index in [2.05, 4.69) is 10.5 Å². The molecule has 30 heavy (non-hydrogen) atoms. The Hall–Kier alpha value is -3.60. The second kappa shape index (κ2) is 8.41. The fraction of sp³-hybridized carbons (Fsp3) is 0.200. The number of rotatable bonds is 6. The number of fused-ring (bicyclic) bond motifs is 1. The first-order valence-electron chi connectivity index (χ1n) is 9.93. The number of aryl methyl sites for hydroxylation is 3. The highest BCUT2D eigenvalue weighted by Crippen LogP contribution is 2.28. The van der Waals surface area contributed by atoms with Crippen LogP contribution in [0.4, 0.5) is 0 Å². The molecule has 0 spiro atoms. The molecule has 0 aliphatic rings. The third kappa shape index (κ3) is 4.06. The minimum absolute atomic E-state index is 0.169. The van der Waals surface area contributed by atoms with Crippen LogP contribution in [0.3, 0.4) is 0 Å². The lowest BCUT2D eigenvalue weighted by Crippen LogP contribution is -2.24. The molecule has 0 aliphatic carbocycles. The zero-order valence-corrected chi connectivity index (χ0v) is 17.4. The summed E-state index contributed by atoms with van der Waals surface area (Å²) in [6.45, 7) is 6.52. The first-order chi connectivity index (χ1) is 14.5. The maximum Gasteiger partial charge on any atom is 0.255 e. The van der Waals surface area contributed by atoms with E-state index < -0.39 is 0 Å². The van der Waals surface area contributed by atoms with Gasteiger partial charge in [-0.15, -0.1) is 0 Å². The number of amides is 1. The summed E-state index contributed by atoms with van der Waals surface area (Å²) in [7, 11) is 0. The van der Waals surface area contributed by atoms with E-state index in [0.717, 1.165) is 38.9 Å². The van der Waals surface area contributed by atoms with Crippen LogP contribution >= 0.6 is 0 Å². The van der Waals surface area contributed by atoms with Gasteiger partial charge >= 0.3 is 0 Å². The molecule has 1 aromatic heterocycles. The van der Waals surface area contributed by atoms with Crippen LogP contribution in [0.1, 0.15) is 38.5 Å². The molecular formula is C25H24N2O3. The van der Waals surface area contributed by atoms with Crippen molar-refractivity contribution in [2.75, 3.05) is 0 Å². The van der Waals surface area contributed by atoms with Gasteiger partial charge in [-0.1, -0.05) is 53.7 Å². The standard InChI is InChI=1S/C25H24N2O3/c1-16-8-4-5-11-21(16)14-26-25(28)22-12-19-9-6-7-10-20(19)13-24(22)29-15-23-17(2)27-30-18(23)3/h4-13H,14-15H2,1-3H3,(H,26,28). The molecule has 0 radical (unpaired) electrons. The van der Waals surface area contributed by atoms with Crippen LogP contribution in [0.25, 0.3) is 10.8 Å². The van der Waals surface area contributed by atoms with Crippen molar-refractivity contribution in [1.82, 2.24) is 10.5 Å². The topological polar surface area (TPSA) is 64.4 Å². The van der Waals surface area contributed by atoms with Gasteiger partial charge in [0, 0.05) is 6.54 Å². The third-order valence-corrected chi connectivity index (χ3v) is 5.35. The number of nitrogens with zero attached hydrogens (tertiary/aromatic N) is 1. The number of hydrogen-bond acceptors (Lipinski definition) is 4. The molecule has 0 saturated carbocycles. The van der Waals surface area contributed by atoms with Gasteiger partial charge in [0.1, 0.15) is 18.1 Å². The maximum atomic E-state index is 13.1. The maximum absolute atomic E-state index is 13.1. The number of nitrogens with one attached hydrogen (secondary N) is 1. The summed E-state index contributed by atoms with van der Waals surface area (Å²) < 4.78 is 11.3. The molecule has 0 saturated heterocycles. The molecule has 0 atom stereocenters. The minimum atomic E-state index is -0.169. The number of carbonyl (C=O) groups is 1. The van der Waals surface area contributed by atoms with E-state index in [-0.39, 0.29) is 12.5 Å². The smallest absolute Gasteiger partial charge is 0.255 e. The summed E-state index contributed by atoms with van der Waals surface area (Å²) in [4.78, 5) is 13.1. The van der Waals surface area contributed by atoms with Crippen molar-refractivity contribution >= 4 is 16.7 Å². The van der Waals surface area contributed by atoms with Gasteiger partial charge in [-0.2, -0.15) is 0 Å². The number of ether oxygens (including phenoxy) is 1. The van der Waals surface area contributed by atoms with Gasteiger partial charge in [0.05, 0.1) is 16.8 Å². The highest BCUT2D eigenvalue weighted by atomic mass is 16.5. The highest BCUT2D eigenvalue weighted by Gasteiger charge is 2.17. The van der Waals surface area contributed by atoms with Crippen LogP contribution in [0.2, 0.25) is 0 Å². The summed E-state index contributed by atoms with van der Waals surface area (Å²) in [5.74, 6) is 1.09. The molecule has 0 bridgehead atoms. The Kier molecular flexibility index (Phi) is 5.53. The lowest BCUT2D eigenvalue weighted by Gasteiger charge is -2.14. The van der Waals surface area contributed by atoms with Crippen LogP contribution in [0.5, 0.6) is 5.75 Å². The summed E-state index contributed by atoms with van der Waals surface area (Å²) in [6, 6.07) is 19.7. The van der Waals surface area contributed by atoms with E-state index >= 15 is 0 Å². The summed E-state index contributed by atoms with van der Waals surface area (Å²) in [5.41, 5.74) is 4.43. The number of carbonyl (C=O) groups excluding carboxylic acids is 1. The van der Waals surface area contributed by atoms with Crippen LogP contribution in [-0.4, -0.2) is 11.1 Å². The van der Waals surface area contributed by atoms with E-state index in [1.54, 1.807) is 0 Å². The predicted octanol–water partition coefficient (Wildman–Crippen LogP) is 5.26. The number of hydrogen-bond donors (Lipinski definition) is 1. The monoisotopic (exact) mass is 400 g/mol. The van der Waals surface area contributed by atoms with Crippen LogP contribution in [0.15, 0.2) is 65.2 Å². The molecular weight excluding hydrogens is 376 g/mol. The van der Waals surface area contributed by atoms with E-state index in [4.69, 9.17) is 9.26 Å². The van der Waals surface area contributed by atoms with E-state index in [1.165, 1.54) is 0 Å². The summed E-state index contributed by atoms with van der Waals surface area (Å²) in [5, 5.41) is 9.00. The first kappa shape index (κ1) is 19.7. The molecule has 4 rings (SSSR count). The molecule has 4 aromatic rings. The van der Waals surface area contributed by atoms with Crippen molar-refractivity contribution in [3.8, 4) is 5.75 Å². The van der Waals surface area contributed by atoms with Gasteiger partial charge in [0.25, 0.3) is 5.91 Å². The zero-order chi connectivity index (χ0) is 21.1. The van der Waals surface area contributed by atoms with Crippen LogP contribution < -0.4 is 10.1 Å². The average molecular weight is 400 g/mol. The van der Waals surface area contributed by atoms with Crippen molar-refractivity contribution in [2.45, 2.75) is 33.9 Å². The van der Waals surface area contributed by atoms with Gasteiger partial charge in [-0.25, -0.2) is 0 Å². The van der Waals surface area contributed by atoms with E-state index in [9.17, 15) is 4.79 Å². The first-order valence-corrected chi connectivity index (χ1v) is 9.93. The molecule has 1 heterocycles. The predicted molar refractivity (Wildman–Crippen MR) is 117 cm³/mol. The zero-order valence-electron chi connectivity index (χ0n) is 17.4. The molecule has 0 fully saturated rings. The molecule has 152 valence electrons. The van der Waals surface area contributed by atoms with E-state index in [0.29, 0.717) is 17.9 Å². The fourth-order valence-corrected chi connectivity index (χ4v) is 3.45. The highest BCUT2D eigenvalue weighted by molar-refractivity contribution is 6.01. The Balaban J connectivity index is 1.62. The summed E-state index contributed by atoms with van der Waals surface area (Å²) >= 11 is 0. The average Bonchev–Trinajstić information content (AvgIpc) is 3.08. The normalized spacial score (nSPS) is 10.9. The van der Waals surface area contributed by atoms with Gasteiger partial charge in [0.15, 0.2) is 0 Å². The van der Waals surface area contributed by atoms with Crippen LogP contribution in [-0.2, 0) is 13.2 Å². The van der Waals surface area contributed by atoms with Crippen molar-refractivity contribution in [2.24, 2.45) is 0 Å². The largest absolute Gasteiger partial charge is 0.488 e. The minimum Gasteiger partial charge on any atom is -0.488 e. The Labute approximate surface area is 175 Å². The van der Waals surface area contributed by atoms with Gasteiger partial charge in [-0.05, 0) is 54.8 Å². The lowest BCUT2D eigenvalue weighted by atomic mass is 10.0. The molecule has 0 unspecified atom stereocenters. The quantitative estimate of drug-likeness (QED) is 0.479. The third-order valence-electron chi connectivity index (χ3n) is 5.35. The molecule has 0 aliphatic heterocycles. The van der Waals surface area contributed by atoms with Crippen molar-refractivity contribution < 1.29 is 14.1 Å². The van der Waals surface area contributed by atoms with Crippen molar-refractivity contribution in [3.63, 3.8) is 0 Å². The Bertz CT molecular complexity index is 1190. The number of aromatic nitrogens is 1. The summed E-state index contributed by atoms with van der Waals surface area (Å²) in [6.07, 6.45) is 0. The molecule has 1 N–H and O–H groups in total. The second-order valence-electron chi connectivity index (χ2n) is 7.40. The Morgan fingerprint density at radius 2 is 1.70 bits per heavy atom. The van der Waals surface area contributed by atoms with Gasteiger partial charge < -0.3 is 14.6 Å². The SMILES string of the molecule is Cc1ccccc1CNC(=O)c1cc2ccccc2cc1OCc1c(C)noc1C. The Morgan fingerprint density at radius 1 is 1.00 bits per heavy atom. The van der Waals surface area contributed by atoms with Crippen molar-refractivity contribution in [1.29, 1.82) is 0 Å². The number of benzene rings is 3. The molecule has 1 amide bonds. The van der Waals surface area contributed by atoms with Crippen molar-refractivity contribution in [3.05, 3.63) is 94.4 Å². The second-order valence-corrected chi connectivity index (χ2v) is 7.40. The van der Waals surface area contributed by atoms with Crippen LogP contribution in [0, 0.1) is 20.8 Å². The molecule has 5 heteroatoms. The van der Waals surface area contributed by atoms with Gasteiger partial charge in [-0.3, -0.25) is 4.79 Å². The molecule has 3 aromatic carbocycles. The van der Waals surface area contributed by atoms with E-state index in [1.807, 2.05) is 81.4 Å². The lowest BCUT2D eigenvalue weighted by molar-refractivity contribution is 0.0946. The Morgan fingerprint density at radius 3 is 2.40 bits per heavy atom. The fourth-order valence-electron chi connectivity index (χ4n) is 3.45. The molecule has 5 nitrogen and oxygen atoms in total. The van der Waals surface area contributed by atoms with Gasteiger partial charge in [0.2, 0.25) is 0 Å².